The highest BCUT2D eigenvalue weighted by molar-refractivity contribution is 7.15. The van der Waals surface area contributed by atoms with E-state index in [9.17, 15) is 14.4 Å². The summed E-state index contributed by atoms with van der Waals surface area (Å²) in [4.78, 5) is 44.6. The van der Waals surface area contributed by atoms with Crippen molar-refractivity contribution in [3.05, 3.63) is 76.3 Å². The van der Waals surface area contributed by atoms with E-state index < -0.39 is 6.03 Å². The van der Waals surface area contributed by atoms with Crippen molar-refractivity contribution in [1.82, 2.24) is 15.2 Å². The molecule has 0 unspecified atom stereocenters. The lowest BCUT2D eigenvalue weighted by Crippen LogP contribution is -2.35. The smallest absolute Gasteiger partial charge is 0.410 e. The molecule has 4 amide bonds. The normalized spacial score (nSPS) is 12.6. The second kappa shape index (κ2) is 11.0. The molecule has 0 bridgehead atoms. The summed E-state index contributed by atoms with van der Waals surface area (Å²) in [7, 11) is 0. The van der Waals surface area contributed by atoms with Crippen LogP contribution in [0.4, 0.5) is 20.4 Å². The number of benzene rings is 2. The van der Waals surface area contributed by atoms with Gasteiger partial charge >= 0.3 is 12.1 Å². The molecule has 10 heteroatoms. The lowest BCUT2D eigenvalue weighted by Gasteiger charge is -2.25. The minimum Gasteiger partial charge on any atom is -0.445 e. The number of nitrogens with zero attached hydrogens (tertiary/aromatic N) is 2. The molecule has 0 atom stereocenters. The van der Waals surface area contributed by atoms with Crippen LogP contribution in [0.1, 0.15) is 40.3 Å². The van der Waals surface area contributed by atoms with Crippen molar-refractivity contribution in [2.24, 2.45) is 0 Å². The summed E-state index contributed by atoms with van der Waals surface area (Å²) in [5, 5.41) is 8.71. The van der Waals surface area contributed by atoms with Crippen molar-refractivity contribution < 1.29 is 19.1 Å². The Morgan fingerprint density at radius 3 is 2.57 bits per heavy atom. The Morgan fingerprint density at radius 2 is 1.80 bits per heavy atom. The molecule has 4 rings (SSSR count). The second-order valence-electron chi connectivity index (χ2n) is 8.35. The van der Waals surface area contributed by atoms with E-state index in [1.54, 1.807) is 29.2 Å². The first-order valence-electron chi connectivity index (χ1n) is 11.3. The molecule has 0 spiro atoms. The minimum atomic E-state index is -0.500. The predicted octanol–water partition coefficient (Wildman–Crippen LogP) is 4.62. The number of amides is 4. The fraction of sp³-hybridized carbons (Fsp3) is 0.280. The lowest BCUT2D eigenvalue weighted by molar-refractivity contribution is 0.0919. The maximum Gasteiger partial charge on any atom is 0.410 e. The van der Waals surface area contributed by atoms with Crippen LogP contribution >= 0.6 is 11.3 Å². The van der Waals surface area contributed by atoms with Crippen LogP contribution in [0.15, 0.2) is 54.6 Å². The number of urea groups is 1. The molecular formula is C25H27N5O4S. The summed E-state index contributed by atoms with van der Waals surface area (Å²) < 4.78 is 5.43. The fourth-order valence-electron chi connectivity index (χ4n) is 3.60. The molecule has 9 nitrogen and oxygen atoms in total. The van der Waals surface area contributed by atoms with Crippen molar-refractivity contribution in [3.63, 3.8) is 0 Å². The van der Waals surface area contributed by atoms with Gasteiger partial charge in [0.15, 0.2) is 5.13 Å². The zero-order valence-corrected chi connectivity index (χ0v) is 20.4. The van der Waals surface area contributed by atoms with Gasteiger partial charge in [0.1, 0.15) is 6.61 Å². The first kappa shape index (κ1) is 24.2. The van der Waals surface area contributed by atoms with Gasteiger partial charge in [-0.3, -0.25) is 10.1 Å². The maximum absolute atomic E-state index is 12.6. The molecule has 0 aliphatic carbocycles. The molecule has 35 heavy (non-hydrogen) atoms. The number of aromatic nitrogens is 1. The Morgan fingerprint density at radius 1 is 1.06 bits per heavy atom. The van der Waals surface area contributed by atoms with E-state index >= 15 is 0 Å². The van der Waals surface area contributed by atoms with Crippen LogP contribution in [0.2, 0.25) is 0 Å². The highest BCUT2D eigenvalue weighted by Crippen LogP contribution is 2.29. The number of para-hydroxylation sites is 1. The van der Waals surface area contributed by atoms with E-state index in [0.29, 0.717) is 35.9 Å². The van der Waals surface area contributed by atoms with E-state index in [2.05, 4.69) is 20.9 Å². The van der Waals surface area contributed by atoms with E-state index in [4.69, 9.17) is 4.74 Å². The first-order valence-corrected chi connectivity index (χ1v) is 12.1. The van der Waals surface area contributed by atoms with Crippen LogP contribution in [-0.4, -0.2) is 40.5 Å². The van der Waals surface area contributed by atoms with E-state index in [1.807, 2.05) is 44.2 Å². The number of anilines is 2. The number of thiazole rings is 1. The van der Waals surface area contributed by atoms with E-state index in [0.717, 1.165) is 16.1 Å². The molecule has 1 aliphatic heterocycles. The van der Waals surface area contributed by atoms with Gasteiger partial charge in [-0.2, -0.15) is 0 Å². The Labute approximate surface area is 207 Å². The van der Waals surface area contributed by atoms with Crippen molar-refractivity contribution in [3.8, 4) is 0 Å². The molecule has 0 saturated heterocycles. The number of fused-ring (bicyclic) bond motifs is 1. The van der Waals surface area contributed by atoms with Crippen molar-refractivity contribution in [2.45, 2.75) is 39.5 Å². The van der Waals surface area contributed by atoms with Gasteiger partial charge in [0, 0.05) is 23.9 Å². The maximum atomic E-state index is 12.6. The van der Waals surface area contributed by atoms with Crippen LogP contribution in [0.25, 0.3) is 0 Å². The zero-order chi connectivity index (χ0) is 24.8. The standard InChI is InChI=1S/C25H27N5O4S/c1-16(2)26-22(31)18-10-6-7-11-19(18)27-23(32)29-24-28-20-12-13-30(14-21(20)35-24)25(33)34-15-17-8-4-3-5-9-17/h3-11,16H,12-15H2,1-2H3,(H,26,31)(H2,27,28,29,32). The van der Waals surface area contributed by atoms with Gasteiger partial charge in [-0.1, -0.05) is 53.8 Å². The Balaban J connectivity index is 1.34. The predicted molar refractivity (Wildman–Crippen MR) is 135 cm³/mol. The summed E-state index contributed by atoms with van der Waals surface area (Å²) in [6, 6.07) is 15.8. The molecule has 3 N–H and O–H groups in total. The van der Waals surface area contributed by atoms with Crippen molar-refractivity contribution >= 4 is 40.2 Å². The highest BCUT2D eigenvalue weighted by Gasteiger charge is 2.25. The van der Waals surface area contributed by atoms with Gasteiger partial charge in [0.25, 0.3) is 5.91 Å². The average Bonchev–Trinajstić information content (AvgIpc) is 3.24. The van der Waals surface area contributed by atoms with Crippen LogP contribution in [0.3, 0.4) is 0 Å². The third-order valence-electron chi connectivity index (χ3n) is 5.25. The summed E-state index contributed by atoms with van der Waals surface area (Å²) >= 11 is 1.32. The SMILES string of the molecule is CC(C)NC(=O)c1ccccc1NC(=O)Nc1nc2c(s1)CN(C(=O)OCc1ccccc1)CC2. The number of carbonyl (C=O) groups excluding carboxylic acids is 3. The third kappa shape index (κ3) is 6.36. The highest BCUT2D eigenvalue weighted by atomic mass is 32.1. The van der Waals surface area contributed by atoms with Gasteiger partial charge in [-0.25, -0.2) is 14.6 Å². The van der Waals surface area contributed by atoms with E-state index in [1.165, 1.54) is 11.3 Å². The van der Waals surface area contributed by atoms with Crippen LogP contribution in [0, 0.1) is 0 Å². The van der Waals surface area contributed by atoms with E-state index in [-0.39, 0.29) is 24.6 Å². The largest absolute Gasteiger partial charge is 0.445 e. The van der Waals surface area contributed by atoms with Crippen molar-refractivity contribution in [1.29, 1.82) is 0 Å². The molecule has 0 radical (unpaired) electrons. The zero-order valence-electron chi connectivity index (χ0n) is 19.5. The van der Waals surface area contributed by atoms with Gasteiger partial charge in [0.2, 0.25) is 0 Å². The molecule has 1 aliphatic rings. The minimum absolute atomic E-state index is 0.0267. The Kier molecular flexibility index (Phi) is 7.61. The van der Waals surface area contributed by atoms with Crippen LogP contribution in [0.5, 0.6) is 0 Å². The quantitative estimate of drug-likeness (QED) is 0.464. The van der Waals surface area contributed by atoms with Crippen molar-refractivity contribution in [2.75, 3.05) is 17.2 Å². The molecule has 3 aromatic rings. The summed E-state index contributed by atoms with van der Waals surface area (Å²) in [6.45, 7) is 4.83. The van der Waals surface area contributed by atoms with Gasteiger partial charge in [-0.05, 0) is 31.5 Å². The molecule has 0 fully saturated rings. The number of hydrogen-bond donors (Lipinski definition) is 3. The average molecular weight is 494 g/mol. The summed E-state index contributed by atoms with van der Waals surface area (Å²) in [5.74, 6) is -0.264. The number of rotatable bonds is 6. The number of ether oxygens (including phenoxy) is 1. The molecule has 0 saturated carbocycles. The number of nitrogens with one attached hydrogen (secondary N) is 3. The number of carbonyl (C=O) groups is 3. The third-order valence-corrected chi connectivity index (χ3v) is 6.25. The van der Waals surface area contributed by atoms with Gasteiger partial charge in [0.05, 0.1) is 23.5 Å². The summed E-state index contributed by atoms with van der Waals surface area (Å²) in [5.41, 5.74) is 2.56. The molecular weight excluding hydrogens is 466 g/mol. The topological polar surface area (TPSA) is 113 Å². The Bertz CT molecular complexity index is 1210. The fourth-order valence-corrected chi connectivity index (χ4v) is 4.61. The molecule has 1 aromatic heterocycles. The van der Waals surface area contributed by atoms with Crippen LogP contribution < -0.4 is 16.0 Å². The molecule has 2 heterocycles. The monoisotopic (exact) mass is 493 g/mol. The first-order chi connectivity index (χ1) is 16.9. The van der Waals surface area contributed by atoms with Crippen LogP contribution in [-0.2, 0) is 24.3 Å². The molecule has 2 aromatic carbocycles. The molecule has 182 valence electrons. The number of hydrogen-bond acceptors (Lipinski definition) is 6. The van der Waals surface area contributed by atoms with Gasteiger partial charge < -0.3 is 20.3 Å². The van der Waals surface area contributed by atoms with Gasteiger partial charge in [-0.15, -0.1) is 0 Å². The lowest BCUT2D eigenvalue weighted by atomic mass is 10.1. The summed E-state index contributed by atoms with van der Waals surface area (Å²) in [6.07, 6.45) is 0.199. The second-order valence-corrected chi connectivity index (χ2v) is 9.44. The Hall–Kier alpha value is -3.92.